The molecule has 1 atom stereocenters. The molecule has 0 heterocycles. The molecular weight excluding hydrogens is 488 g/mol. The Morgan fingerprint density at radius 1 is 0.667 bits per heavy atom. The molecule has 1 unspecified atom stereocenters. The van der Waals surface area contributed by atoms with E-state index in [2.05, 4.69) is 37.5 Å². The van der Waals surface area contributed by atoms with E-state index in [0.717, 1.165) is 56.1 Å². The van der Waals surface area contributed by atoms with Crippen molar-refractivity contribution in [3.8, 4) is 17.2 Å². The number of nitrogens with zero attached hydrogens (tertiary/aromatic N) is 2. The van der Waals surface area contributed by atoms with Crippen molar-refractivity contribution < 1.29 is 19.3 Å². The minimum Gasteiger partial charge on any atom is -0.496 e. The Kier molecular flexibility index (Phi) is 11.7. The molecule has 6 heteroatoms. The van der Waals surface area contributed by atoms with Crippen LogP contribution in [-0.4, -0.2) is 74.5 Å². The van der Waals surface area contributed by atoms with Crippen LogP contribution in [0, 0.1) is 6.92 Å². The van der Waals surface area contributed by atoms with Crippen LogP contribution in [0.2, 0.25) is 0 Å². The van der Waals surface area contributed by atoms with Crippen molar-refractivity contribution in [3.05, 3.63) is 89.0 Å². The Hall–Kier alpha value is -3.06. The van der Waals surface area contributed by atoms with Crippen molar-refractivity contribution in [2.45, 2.75) is 40.2 Å². The molecule has 0 saturated heterocycles. The van der Waals surface area contributed by atoms with Gasteiger partial charge in [-0.25, -0.2) is 0 Å². The summed E-state index contributed by atoms with van der Waals surface area (Å²) in [6.45, 7) is 17.4. The van der Waals surface area contributed by atoms with Crippen LogP contribution in [0.4, 0.5) is 0 Å². The third-order valence-corrected chi connectivity index (χ3v) is 7.44. The highest BCUT2D eigenvalue weighted by Gasteiger charge is 2.39. The molecule has 39 heavy (non-hydrogen) atoms. The summed E-state index contributed by atoms with van der Waals surface area (Å²) in [6.07, 6.45) is 0. The van der Waals surface area contributed by atoms with Gasteiger partial charge in [0.05, 0.1) is 12.7 Å². The van der Waals surface area contributed by atoms with Gasteiger partial charge in [0.2, 0.25) is 0 Å². The molecule has 1 N–H and O–H groups in total. The first-order valence-electron chi connectivity index (χ1n) is 14.2. The van der Waals surface area contributed by atoms with Crippen LogP contribution in [-0.2, 0) is 5.60 Å². The molecule has 0 saturated carbocycles. The zero-order valence-corrected chi connectivity index (χ0v) is 24.6. The van der Waals surface area contributed by atoms with Crippen LogP contribution in [0.1, 0.15) is 49.9 Å². The molecule has 3 aromatic rings. The molecule has 0 spiro atoms. The third kappa shape index (κ3) is 7.53. The van der Waals surface area contributed by atoms with Gasteiger partial charge >= 0.3 is 0 Å². The standard InChI is InChI=1S/C33H46N2O4/c1-7-34(8-2)22-24-38-29-20-18-28(19-21-29)33(36,27-16-14-26(5)15-17-27)32-30(37-6)12-11-13-31(32)39-25-23-35(9-3)10-4/h11-21,36H,7-10,22-25H2,1-6H3. The minimum absolute atomic E-state index is 0.505. The van der Waals surface area contributed by atoms with E-state index in [1.807, 2.05) is 73.7 Å². The fraction of sp³-hybridized carbons (Fsp3) is 0.455. The van der Waals surface area contributed by atoms with Gasteiger partial charge < -0.3 is 29.1 Å². The Labute approximate surface area is 235 Å². The SMILES string of the molecule is CCN(CC)CCOc1ccc(C(O)(c2ccc(C)cc2)c2c(OC)cccc2OCCN(CC)CC)cc1. The number of likely N-dealkylation sites (N-methyl/N-ethyl adjacent to an activating group) is 2. The quantitative estimate of drug-likeness (QED) is 0.237. The highest BCUT2D eigenvalue weighted by Crippen LogP contribution is 2.46. The van der Waals surface area contributed by atoms with Gasteiger partial charge in [-0.05, 0) is 68.5 Å². The number of benzene rings is 3. The third-order valence-electron chi connectivity index (χ3n) is 7.44. The summed E-state index contributed by atoms with van der Waals surface area (Å²) in [7, 11) is 1.63. The Morgan fingerprint density at radius 3 is 1.67 bits per heavy atom. The molecule has 0 aromatic heterocycles. The molecule has 212 valence electrons. The number of ether oxygens (including phenoxy) is 3. The monoisotopic (exact) mass is 534 g/mol. The molecule has 0 aliphatic heterocycles. The van der Waals surface area contributed by atoms with Crippen molar-refractivity contribution in [2.75, 3.05) is 59.6 Å². The normalized spacial score (nSPS) is 12.9. The van der Waals surface area contributed by atoms with Gasteiger partial charge in [0.1, 0.15) is 36.1 Å². The van der Waals surface area contributed by atoms with Crippen molar-refractivity contribution >= 4 is 0 Å². The zero-order valence-electron chi connectivity index (χ0n) is 24.6. The maximum absolute atomic E-state index is 12.7. The van der Waals surface area contributed by atoms with Gasteiger partial charge in [0, 0.05) is 13.1 Å². The molecule has 0 aliphatic carbocycles. The summed E-state index contributed by atoms with van der Waals surface area (Å²) in [5.41, 5.74) is 1.65. The number of aryl methyl sites for hydroxylation is 1. The predicted octanol–water partition coefficient (Wildman–Crippen LogP) is 5.73. The maximum atomic E-state index is 12.7. The summed E-state index contributed by atoms with van der Waals surface area (Å²) < 4.78 is 18.2. The van der Waals surface area contributed by atoms with E-state index in [4.69, 9.17) is 14.2 Å². The summed E-state index contributed by atoms with van der Waals surface area (Å²) in [5.74, 6) is 1.94. The molecule has 6 nitrogen and oxygen atoms in total. The Bertz CT molecular complexity index is 1130. The average Bonchev–Trinajstić information content (AvgIpc) is 2.97. The lowest BCUT2D eigenvalue weighted by atomic mass is 9.79. The zero-order chi connectivity index (χ0) is 28.3. The number of hydrogen-bond acceptors (Lipinski definition) is 6. The smallest absolute Gasteiger partial charge is 0.147 e. The average molecular weight is 535 g/mol. The Balaban J connectivity index is 2.01. The van der Waals surface area contributed by atoms with Gasteiger partial charge in [0.25, 0.3) is 0 Å². The van der Waals surface area contributed by atoms with E-state index in [0.29, 0.717) is 35.8 Å². The van der Waals surface area contributed by atoms with E-state index in [-0.39, 0.29) is 0 Å². The molecule has 0 fully saturated rings. The van der Waals surface area contributed by atoms with E-state index in [1.54, 1.807) is 7.11 Å². The van der Waals surface area contributed by atoms with Gasteiger partial charge in [-0.15, -0.1) is 0 Å². The lowest BCUT2D eigenvalue weighted by molar-refractivity contribution is 0.115. The van der Waals surface area contributed by atoms with E-state index in [9.17, 15) is 5.11 Å². The van der Waals surface area contributed by atoms with Crippen LogP contribution < -0.4 is 14.2 Å². The van der Waals surface area contributed by atoms with E-state index >= 15 is 0 Å². The van der Waals surface area contributed by atoms with E-state index < -0.39 is 5.60 Å². The summed E-state index contributed by atoms with van der Waals surface area (Å²) in [4.78, 5) is 4.64. The molecule has 0 amide bonds. The largest absolute Gasteiger partial charge is 0.496 e. The maximum Gasteiger partial charge on any atom is 0.147 e. The van der Waals surface area contributed by atoms with Crippen molar-refractivity contribution in [2.24, 2.45) is 0 Å². The summed E-state index contributed by atoms with van der Waals surface area (Å²) in [5, 5.41) is 12.7. The van der Waals surface area contributed by atoms with Gasteiger partial charge in [0.15, 0.2) is 0 Å². The van der Waals surface area contributed by atoms with Crippen LogP contribution in [0.15, 0.2) is 66.7 Å². The van der Waals surface area contributed by atoms with Crippen LogP contribution in [0.5, 0.6) is 17.2 Å². The summed E-state index contributed by atoms with van der Waals surface area (Å²) in [6, 6.07) is 21.4. The first kappa shape index (κ1) is 30.5. The molecular formula is C33H46N2O4. The fourth-order valence-corrected chi connectivity index (χ4v) is 4.86. The number of methoxy groups -OCH3 is 1. The van der Waals surface area contributed by atoms with Gasteiger partial charge in [-0.3, -0.25) is 0 Å². The first-order valence-corrected chi connectivity index (χ1v) is 14.2. The summed E-state index contributed by atoms with van der Waals surface area (Å²) >= 11 is 0. The van der Waals surface area contributed by atoms with Crippen molar-refractivity contribution in [1.82, 2.24) is 9.80 Å². The predicted molar refractivity (Wildman–Crippen MR) is 159 cm³/mol. The van der Waals surface area contributed by atoms with Crippen molar-refractivity contribution in [3.63, 3.8) is 0 Å². The first-order chi connectivity index (χ1) is 18.9. The Morgan fingerprint density at radius 2 is 1.15 bits per heavy atom. The van der Waals surface area contributed by atoms with E-state index in [1.165, 1.54) is 0 Å². The minimum atomic E-state index is -1.51. The molecule has 0 aliphatic rings. The van der Waals surface area contributed by atoms with Crippen LogP contribution >= 0.6 is 0 Å². The molecule has 0 radical (unpaired) electrons. The highest BCUT2D eigenvalue weighted by molar-refractivity contribution is 5.59. The van der Waals surface area contributed by atoms with Gasteiger partial charge in [-0.2, -0.15) is 0 Å². The van der Waals surface area contributed by atoms with Crippen LogP contribution in [0.25, 0.3) is 0 Å². The molecule has 0 bridgehead atoms. The lowest BCUT2D eigenvalue weighted by Gasteiger charge is -2.33. The topological polar surface area (TPSA) is 54.4 Å². The number of hydrogen-bond donors (Lipinski definition) is 1. The lowest BCUT2D eigenvalue weighted by Crippen LogP contribution is -2.31. The second kappa shape index (κ2) is 14.9. The van der Waals surface area contributed by atoms with Crippen LogP contribution in [0.3, 0.4) is 0 Å². The highest BCUT2D eigenvalue weighted by atomic mass is 16.5. The second-order valence-corrected chi connectivity index (χ2v) is 9.68. The number of rotatable bonds is 16. The molecule has 3 aromatic carbocycles. The second-order valence-electron chi connectivity index (χ2n) is 9.68. The number of aliphatic hydroxyl groups is 1. The van der Waals surface area contributed by atoms with Gasteiger partial charge in [-0.1, -0.05) is 75.7 Å². The fourth-order valence-electron chi connectivity index (χ4n) is 4.86. The molecule has 3 rings (SSSR count). The van der Waals surface area contributed by atoms with Crippen molar-refractivity contribution in [1.29, 1.82) is 0 Å².